The summed E-state index contributed by atoms with van der Waals surface area (Å²) in [4.78, 5) is 34.3. The van der Waals surface area contributed by atoms with E-state index in [9.17, 15) is 27.6 Å². The van der Waals surface area contributed by atoms with Crippen molar-refractivity contribution in [1.29, 1.82) is 0 Å². The predicted molar refractivity (Wildman–Crippen MR) is 108 cm³/mol. The van der Waals surface area contributed by atoms with E-state index in [0.29, 0.717) is 0 Å². The van der Waals surface area contributed by atoms with Gasteiger partial charge in [0.25, 0.3) is 0 Å². The smallest absolute Gasteiger partial charge is 0.407 e. The second-order valence-corrected chi connectivity index (χ2v) is 7.24. The molecule has 0 heterocycles. The van der Waals surface area contributed by atoms with Gasteiger partial charge in [0, 0.05) is 25.4 Å². The van der Waals surface area contributed by atoms with Gasteiger partial charge in [-0.2, -0.15) is 13.2 Å². The molecule has 32 heavy (non-hydrogen) atoms. The fourth-order valence-electron chi connectivity index (χ4n) is 3.57. The van der Waals surface area contributed by atoms with Gasteiger partial charge in [0.15, 0.2) is 5.92 Å². The van der Waals surface area contributed by atoms with Gasteiger partial charge in [-0.05, 0) is 22.3 Å². The van der Waals surface area contributed by atoms with Crippen LogP contribution in [-0.2, 0) is 14.3 Å². The number of ether oxygens (including phenoxy) is 1. The third-order valence-electron chi connectivity index (χ3n) is 5.16. The molecule has 3 rings (SSSR count). The quantitative estimate of drug-likeness (QED) is 0.573. The lowest BCUT2D eigenvalue weighted by atomic mass is 9.98. The number of aliphatic carboxylic acids is 1. The van der Waals surface area contributed by atoms with Crippen LogP contribution in [0.4, 0.5) is 18.0 Å². The Hall–Kier alpha value is -3.56. The van der Waals surface area contributed by atoms with Crippen LogP contribution in [0, 0.1) is 5.92 Å². The number of hydrogen-bond acceptors (Lipinski definition) is 4. The summed E-state index contributed by atoms with van der Waals surface area (Å²) >= 11 is 0. The van der Waals surface area contributed by atoms with Crippen LogP contribution >= 0.6 is 0 Å². The van der Waals surface area contributed by atoms with Gasteiger partial charge >= 0.3 is 18.2 Å². The summed E-state index contributed by atoms with van der Waals surface area (Å²) < 4.78 is 43.0. The number of alkyl halides is 3. The van der Waals surface area contributed by atoms with Gasteiger partial charge in [-0.3, -0.25) is 9.59 Å². The molecule has 2 amide bonds. The third-order valence-corrected chi connectivity index (χ3v) is 5.16. The van der Waals surface area contributed by atoms with Crippen molar-refractivity contribution >= 4 is 18.0 Å². The average Bonchev–Trinajstić information content (AvgIpc) is 3.05. The lowest BCUT2D eigenvalue weighted by Gasteiger charge is -2.16. The van der Waals surface area contributed by atoms with Gasteiger partial charge in [-0.25, -0.2) is 4.79 Å². The molecule has 0 aromatic heterocycles. The third kappa shape index (κ3) is 5.37. The number of carbonyl (C=O) groups excluding carboxylic acids is 2. The van der Waals surface area contributed by atoms with Crippen molar-refractivity contribution in [3.05, 3.63) is 59.7 Å². The minimum atomic E-state index is -4.97. The summed E-state index contributed by atoms with van der Waals surface area (Å²) in [5, 5.41) is 12.9. The van der Waals surface area contributed by atoms with Crippen LogP contribution in [-0.4, -0.2) is 48.9 Å². The van der Waals surface area contributed by atoms with Gasteiger partial charge in [0.2, 0.25) is 5.91 Å². The lowest BCUT2D eigenvalue weighted by molar-refractivity contribution is -0.192. The van der Waals surface area contributed by atoms with E-state index in [4.69, 9.17) is 9.84 Å². The molecule has 7 nitrogen and oxygen atoms in total. The molecule has 0 saturated carbocycles. The molecule has 2 aromatic rings. The Balaban J connectivity index is 1.44. The molecule has 170 valence electrons. The number of carboxylic acids is 1. The molecule has 1 aliphatic carbocycles. The number of hydrogen-bond donors (Lipinski definition) is 3. The molecule has 0 spiro atoms. The van der Waals surface area contributed by atoms with Crippen molar-refractivity contribution in [3.8, 4) is 11.1 Å². The first-order valence-corrected chi connectivity index (χ1v) is 9.83. The fourth-order valence-corrected chi connectivity index (χ4v) is 3.57. The number of fused-ring (bicyclic) bond motifs is 3. The van der Waals surface area contributed by atoms with Gasteiger partial charge in [0.05, 0.1) is 0 Å². The molecular formula is C22H21F3N2O5. The minimum Gasteiger partial charge on any atom is -0.481 e. The van der Waals surface area contributed by atoms with E-state index in [0.717, 1.165) is 22.3 Å². The number of rotatable bonds is 8. The standard InChI is InChI=1S/C22H21F3N2O5/c23-22(24,25)18(20(29)30)11-27-19(28)9-10-26-21(31)32-12-17-15-7-3-1-5-13(15)14-6-2-4-8-16(14)17/h1-8,17-18H,9-12H2,(H,26,31)(H,27,28)(H,29,30). The normalized spacial score (nSPS) is 13.6. The Labute approximate surface area is 181 Å². The number of carboxylic acid groups (broad SMARTS) is 1. The number of halogens is 3. The summed E-state index contributed by atoms with van der Waals surface area (Å²) in [6.45, 7) is -1.17. The number of benzene rings is 2. The van der Waals surface area contributed by atoms with Crippen molar-refractivity contribution in [3.63, 3.8) is 0 Å². The molecule has 1 aliphatic rings. The molecule has 1 atom stereocenters. The molecule has 3 N–H and O–H groups in total. The summed E-state index contributed by atoms with van der Waals surface area (Å²) in [7, 11) is 0. The maximum atomic E-state index is 12.6. The van der Waals surface area contributed by atoms with Crippen LogP contribution in [0.2, 0.25) is 0 Å². The van der Waals surface area contributed by atoms with E-state index in [1.54, 1.807) is 0 Å². The average molecular weight is 450 g/mol. The van der Waals surface area contributed by atoms with Crippen LogP contribution in [0.15, 0.2) is 48.5 Å². The highest BCUT2D eigenvalue weighted by Crippen LogP contribution is 2.44. The number of nitrogens with one attached hydrogen (secondary N) is 2. The summed E-state index contributed by atoms with van der Waals surface area (Å²) in [6.07, 6.45) is -6.06. The molecule has 0 fully saturated rings. The Morgan fingerprint density at radius 1 is 0.969 bits per heavy atom. The van der Waals surface area contributed by atoms with Gasteiger partial charge in [-0.1, -0.05) is 48.5 Å². The molecule has 0 saturated heterocycles. The number of carbonyl (C=O) groups is 3. The van der Waals surface area contributed by atoms with E-state index >= 15 is 0 Å². The molecule has 1 unspecified atom stereocenters. The Bertz CT molecular complexity index is 964. The highest BCUT2D eigenvalue weighted by molar-refractivity contribution is 5.80. The monoisotopic (exact) mass is 450 g/mol. The summed E-state index contributed by atoms with van der Waals surface area (Å²) in [6, 6.07) is 15.6. The first kappa shape index (κ1) is 23.1. The van der Waals surface area contributed by atoms with Crippen LogP contribution in [0.3, 0.4) is 0 Å². The maximum Gasteiger partial charge on any atom is 0.407 e. The molecule has 0 aliphatic heterocycles. The first-order valence-electron chi connectivity index (χ1n) is 9.83. The van der Waals surface area contributed by atoms with Gasteiger partial charge in [0.1, 0.15) is 6.61 Å². The van der Waals surface area contributed by atoms with Gasteiger partial charge in [-0.15, -0.1) is 0 Å². The van der Waals surface area contributed by atoms with E-state index in [1.807, 2.05) is 53.8 Å². The highest BCUT2D eigenvalue weighted by atomic mass is 19.4. The Kier molecular flexibility index (Phi) is 7.01. The van der Waals surface area contributed by atoms with E-state index in [1.165, 1.54) is 0 Å². The van der Waals surface area contributed by atoms with Crippen LogP contribution in [0.1, 0.15) is 23.5 Å². The Morgan fingerprint density at radius 2 is 1.53 bits per heavy atom. The van der Waals surface area contributed by atoms with Crippen molar-refractivity contribution < 1.29 is 37.4 Å². The largest absolute Gasteiger partial charge is 0.481 e. The van der Waals surface area contributed by atoms with Crippen LogP contribution in [0.5, 0.6) is 0 Å². The Morgan fingerprint density at radius 3 is 2.06 bits per heavy atom. The highest BCUT2D eigenvalue weighted by Gasteiger charge is 2.45. The fraction of sp³-hybridized carbons (Fsp3) is 0.318. The minimum absolute atomic E-state index is 0.0813. The molecular weight excluding hydrogens is 429 g/mol. The summed E-state index contributed by atoms with van der Waals surface area (Å²) in [5.41, 5.74) is 4.23. The zero-order valence-corrected chi connectivity index (χ0v) is 16.8. The second kappa shape index (κ2) is 9.71. The van der Waals surface area contributed by atoms with Crippen LogP contribution < -0.4 is 10.6 Å². The number of alkyl carbamates (subject to hydrolysis) is 1. The van der Waals surface area contributed by atoms with E-state index < -0.39 is 36.6 Å². The molecule has 10 heteroatoms. The zero-order chi connectivity index (χ0) is 23.3. The molecule has 0 radical (unpaired) electrons. The molecule has 2 aromatic carbocycles. The molecule has 0 bridgehead atoms. The number of amides is 2. The zero-order valence-electron chi connectivity index (χ0n) is 16.8. The topological polar surface area (TPSA) is 105 Å². The van der Waals surface area contributed by atoms with Crippen molar-refractivity contribution in [2.24, 2.45) is 5.92 Å². The van der Waals surface area contributed by atoms with Crippen molar-refractivity contribution in [1.82, 2.24) is 10.6 Å². The van der Waals surface area contributed by atoms with Crippen LogP contribution in [0.25, 0.3) is 11.1 Å². The van der Waals surface area contributed by atoms with Crippen molar-refractivity contribution in [2.45, 2.75) is 18.5 Å². The van der Waals surface area contributed by atoms with E-state index in [-0.39, 0.29) is 25.5 Å². The van der Waals surface area contributed by atoms with E-state index in [2.05, 4.69) is 5.32 Å². The summed E-state index contributed by atoms with van der Waals surface area (Å²) in [5.74, 6) is -5.72. The van der Waals surface area contributed by atoms with Gasteiger partial charge < -0.3 is 20.5 Å². The predicted octanol–water partition coefficient (Wildman–Crippen LogP) is 3.29. The lowest BCUT2D eigenvalue weighted by Crippen LogP contribution is -2.41. The first-order chi connectivity index (χ1) is 15.2. The second-order valence-electron chi connectivity index (χ2n) is 7.24. The SMILES string of the molecule is O=C(CCNC(=O)OCC1c2ccccc2-c2ccccc21)NCC(C(=O)O)C(F)(F)F. The maximum absolute atomic E-state index is 12.6. The van der Waals surface area contributed by atoms with Crippen molar-refractivity contribution in [2.75, 3.05) is 19.7 Å².